The SMILES string of the molecule is Cc1ccc2nc(-c3ccc(NCCOCCOCC(=O)C[C@H](C(=O)N4C[C@H](O)C[C@H]4C(=O)NCc4ccc(-c5scnc5C)cc4)C(C)(C)C)cc3)sc2c1. The molecule has 0 saturated carbocycles. The molecule has 0 bridgehead atoms. The van der Waals surface area contributed by atoms with E-state index in [1.165, 1.54) is 15.2 Å². The number of anilines is 1. The first-order valence-corrected chi connectivity index (χ1v) is 20.7. The number of ketones is 1. The molecule has 1 aliphatic heterocycles. The van der Waals surface area contributed by atoms with E-state index in [1.54, 1.807) is 22.7 Å². The number of hydrogen-bond donors (Lipinski definition) is 3. The van der Waals surface area contributed by atoms with Crippen molar-refractivity contribution < 1.29 is 29.0 Å². The number of likely N-dealkylation sites (tertiary alicyclic amines) is 1. The van der Waals surface area contributed by atoms with Gasteiger partial charge in [0.1, 0.15) is 17.7 Å². The number of β-amino-alcohol motifs (C(OH)–C–C–N with tert-alkyl or cyclic N) is 1. The molecule has 2 aromatic heterocycles. The van der Waals surface area contributed by atoms with Crippen LogP contribution in [0.25, 0.3) is 31.2 Å². The lowest BCUT2D eigenvalue weighted by Crippen LogP contribution is -2.50. The van der Waals surface area contributed by atoms with Gasteiger partial charge in [-0.15, -0.1) is 22.7 Å². The summed E-state index contributed by atoms with van der Waals surface area (Å²) in [5.74, 6) is -1.54. The third-order valence-electron chi connectivity index (χ3n) is 9.95. The van der Waals surface area contributed by atoms with Gasteiger partial charge in [-0.25, -0.2) is 9.97 Å². The Balaban J connectivity index is 0.900. The molecular weight excluding hydrogens is 747 g/mol. The number of benzene rings is 3. The summed E-state index contributed by atoms with van der Waals surface area (Å²) in [6.45, 7) is 11.6. The molecule has 1 fully saturated rings. The lowest BCUT2D eigenvalue weighted by molar-refractivity contribution is -0.146. The molecule has 11 nitrogen and oxygen atoms in total. The fraction of sp³-hybridized carbons (Fsp3) is 0.419. The minimum Gasteiger partial charge on any atom is -0.391 e. The zero-order valence-electron chi connectivity index (χ0n) is 32.7. The molecule has 3 aromatic carbocycles. The van der Waals surface area contributed by atoms with Gasteiger partial charge in [-0.1, -0.05) is 51.1 Å². The number of thiazole rings is 2. The quantitative estimate of drug-likeness (QED) is 0.0844. The number of nitrogens with zero attached hydrogens (tertiary/aromatic N) is 3. The number of carbonyl (C=O) groups excluding carboxylic acids is 3. The Morgan fingerprint density at radius 1 is 0.964 bits per heavy atom. The number of hydrogen-bond acceptors (Lipinski definition) is 11. The molecule has 1 aliphatic rings. The lowest BCUT2D eigenvalue weighted by Gasteiger charge is -2.34. The van der Waals surface area contributed by atoms with Crippen molar-refractivity contribution in [1.29, 1.82) is 0 Å². The van der Waals surface area contributed by atoms with E-state index in [0.29, 0.717) is 19.8 Å². The third-order valence-corrected chi connectivity index (χ3v) is 12.0. The molecule has 3 atom stereocenters. The second-order valence-corrected chi connectivity index (χ2v) is 17.3. The Kier molecular flexibility index (Phi) is 13.7. The topological polar surface area (TPSA) is 143 Å². The van der Waals surface area contributed by atoms with Gasteiger partial charge in [-0.3, -0.25) is 14.4 Å². The average molecular weight is 798 g/mol. The van der Waals surface area contributed by atoms with Crippen LogP contribution in [0.1, 0.15) is 50.4 Å². The minimum atomic E-state index is -0.827. The first-order chi connectivity index (χ1) is 26.9. The molecule has 3 heterocycles. The number of nitrogens with one attached hydrogen (secondary N) is 2. The van der Waals surface area contributed by atoms with Gasteiger partial charge < -0.3 is 30.1 Å². The number of aromatic nitrogens is 2. The third kappa shape index (κ3) is 10.6. The van der Waals surface area contributed by atoms with Crippen molar-refractivity contribution in [3.05, 3.63) is 89.1 Å². The van der Waals surface area contributed by atoms with Gasteiger partial charge in [-0.2, -0.15) is 0 Å². The smallest absolute Gasteiger partial charge is 0.243 e. The van der Waals surface area contributed by atoms with Crippen LogP contribution in [0.2, 0.25) is 0 Å². The molecule has 2 amide bonds. The highest BCUT2D eigenvalue weighted by atomic mass is 32.1. The monoisotopic (exact) mass is 797 g/mol. The van der Waals surface area contributed by atoms with E-state index in [9.17, 15) is 19.5 Å². The minimum absolute atomic E-state index is 0.0307. The second-order valence-electron chi connectivity index (χ2n) is 15.4. The van der Waals surface area contributed by atoms with E-state index in [0.717, 1.165) is 43.5 Å². The van der Waals surface area contributed by atoms with Crippen molar-refractivity contribution in [3.63, 3.8) is 0 Å². The highest BCUT2D eigenvalue weighted by Crippen LogP contribution is 2.34. The molecule has 6 rings (SSSR count). The van der Waals surface area contributed by atoms with Gasteiger partial charge >= 0.3 is 0 Å². The van der Waals surface area contributed by atoms with Gasteiger partial charge in [0.2, 0.25) is 11.8 Å². The van der Waals surface area contributed by atoms with E-state index in [2.05, 4.69) is 52.9 Å². The van der Waals surface area contributed by atoms with E-state index in [-0.39, 0.29) is 56.7 Å². The molecule has 296 valence electrons. The van der Waals surface area contributed by atoms with Crippen molar-refractivity contribution in [2.24, 2.45) is 11.3 Å². The van der Waals surface area contributed by atoms with E-state index in [4.69, 9.17) is 14.5 Å². The number of aryl methyl sites for hydroxylation is 2. The van der Waals surface area contributed by atoms with Crippen LogP contribution in [0.4, 0.5) is 5.69 Å². The first kappa shape index (κ1) is 41.1. The highest BCUT2D eigenvalue weighted by molar-refractivity contribution is 7.21. The van der Waals surface area contributed by atoms with Crippen molar-refractivity contribution in [3.8, 4) is 21.0 Å². The Morgan fingerprint density at radius 2 is 1.70 bits per heavy atom. The number of rotatable bonds is 17. The van der Waals surface area contributed by atoms with Gasteiger partial charge in [0.05, 0.1) is 52.2 Å². The number of ether oxygens (including phenoxy) is 2. The van der Waals surface area contributed by atoms with Crippen molar-refractivity contribution in [1.82, 2.24) is 20.2 Å². The largest absolute Gasteiger partial charge is 0.391 e. The summed E-state index contributed by atoms with van der Waals surface area (Å²) in [6.07, 6.45) is -0.717. The molecule has 0 aliphatic carbocycles. The summed E-state index contributed by atoms with van der Waals surface area (Å²) in [4.78, 5) is 52.0. The Bertz CT molecular complexity index is 2110. The Labute approximate surface area is 336 Å². The summed E-state index contributed by atoms with van der Waals surface area (Å²) < 4.78 is 12.5. The number of Topliss-reactive ketones (excluding diaryl/α,β-unsaturated/α-hetero) is 1. The zero-order valence-corrected chi connectivity index (χ0v) is 34.3. The number of carbonyl (C=O) groups is 3. The number of aliphatic hydroxyl groups excluding tert-OH is 1. The van der Waals surface area contributed by atoms with Crippen LogP contribution >= 0.6 is 22.7 Å². The average Bonchev–Trinajstić information content (AvgIpc) is 3.91. The second kappa shape index (κ2) is 18.6. The van der Waals surface area contributed by atoms with E-state index in [1.807, 2.05) is 69.6 Å². The molecule has 1 saturated heterocycles. The zero-order chi connectivity index (χ0) is 39.8. The fourth-order valence-corrected chi connectivity index (χ4v) is 8.66. The van der Waals surface area contributed by atoms with Crippen LogP contribution in [0, 0.1) is 25.2 Å². The van der Waals surface area contributed by atoms with E-state index < -0.39 is 23.5 Å². The van der Waals surface area contributed by atoms with Gasteiger partial charge in [0, 0.05) is 49.6 Å². The molecular formula is C43H51N5O6S2. The van der Waals surface area contributed by atoms with Crippen LogP contribution in [-0.4, -0.2) is 89.2 Å². The van der Waals surface area contributed by atoms with Crippen molar-refractivity contribution >= 4 is 56.2 Å². The predicted molar refractivity (Wildman–Crippen MR) is 223 cm³/mol. The number of fused-ring (bicyclic) bond motifs is 1. The van der Waals surface area contributed by atoms with Gasteiger partial charge in [0.25, 0.3) is 0 Å². The van der Waals surface area contributed by atoms with Gasteiger partial charge in [-0.05, 0) is 72.4 Å². The first-order valence-electron chi connectivity index (χ1n) is 19.0. The molecule has 56 heavy (non-hydrogen) atoms. The van der Waals surface area contributed by atoms with Crippen LogP contribution in [-0.2, 0) is 30.4 Å². The standard InChI is InChI=1S/C43H51N5O6S2/c1-27-6-15-36-38(20-27)56-41(47-36)31-11-13-32(14-12-31)44-16-17-53-18-19-54-25-34(50)21-35(43(3,4)5)42(52)48-24-33(49)22-37(48)40(51)45-23-29-7-9-30(10-8-29)39-28(2)46-26-55-39/h6-15,20,26,33,35,37,44,49H,16-19,21-25H2,1-5H3,(H,45,51)/t33-,35-,37+/m1/s1. The summed E-state index contributed by atoms with van der Waals surface area (Å²) in [5, 5.41) is 17.8. The fourth-order valence-electron chi connectivity index (χ4n) is 6.78. The summed E-state index contributed by atoms with van der Waals surface area (Å²) in [5.41, 5.74) is 8.52. The van der Waals surface area contributed by atoms with Crippen molar-refractivity contribution in [2.45, 2.75) is 66.2 Å². The van der Waals surface area contributed by atoms with Gasteiger partial charge in [0.15, 0.2) is 5.78 Å². The maximum Gasteiger partial charge on any atom is 0.243 e. The summed E-state index contributed by atoms with van der Waals surface area (Å²) >= 11 is 3.27. The maximum atomic E-state index is 14.0. The number of amides is 2. The maximum absolute atomic E-state index is 14.0. The molecule has 0 unspecified atom stereocenters. The van der Waals surface area contributed by atoms with E-state index >= 15 is 0 Å². The van der Waals surface area contributed by atoms with Crippen LogP contribution in [0.3, 0.4) is 0 Å². The molecule has 0 spiro atoms. The number of aliphatic hydroxyl groups is 1. The normalized spacial score (nSPS) is 16.3. The van der Waals surface area contributed by atoms with Crippen molar-refractivity contribution in [2.75, 3.05) is 44.8 Å². The summed E-state index contributed by atoms with van der Waals surface area (Å²) in [7, 11) is 0. The van der Waals surface area contributed by atoms with Crippen LogP contribution in [0.15, 0.2) is 72.2 Å². The molecule has 0 radical (unpaired) electrons. The van der Waals surface area contributed by atoms with Crippen LogP contribution in [0.5, 0.6) is 0 Å². The summed E-state index contributed by atoms with van der Waals surface area (Å²) in [6, 6.07) is 21.6. The lowest BCUT2D eigenvalue weighted by atomic mass is 9.77. The molecule has 3 N–H and O–H groups in total. The predicted octanol–water partition coefficient (Wildman–Crippen LogP) is 7.05. The highest BCUT2D eigenvalue weighted by Gasteiger charge is 2.44. The Hall–Kier alpha value is -4.53. The molecule has 5 aromatic rings. The van der Waals surface area contributed by atoms with Crippen LogP contribution < -0.4 is 10.6 Å². The Morgan fingerprint density at radius 3 is 2.41 bits per heavy atom. The molecule has 13 heteroatoms.